The van der Waals surface area contributed by atoms with E-state index in [1.807, 2.05) is 18.2 Å². The van der Waals surface area contributed by atoms with Crippen LogP contribution in [0, 0.1) is 23.4 Å². The summed E-state index contributed by atoms with van der Waals surface area (Å²) in [6, 6.07) is 8.43. The van der Waals surface area contributed by atoms with E-state index in [-0.39, 0.29) is 17.8 Å². The Labute approximate surface area is 163 Å². The van der Waals surface area contributed by atoms with E-state index in [2.05, 4.69) is 6.58 Å². The van der Waals surface area contributed by atoms with Crippen LogP contribution in [0.2, 0.25) is 0 Å². The van der Waals surface area contributed by atoms with Crippen LogP contribution in [0.15, 0.2) is 43.0 Å². The minimum atomic E-state index is -0.763. The molecule has 28 heavy (non-hydrogen) atoms. The van der Waals surface area contributed by atoms with Crippen molar-refractivity contribution in [2.24, 2.45) is 5.92 Å². The fraction of sp³-hybridized carbons (Fsp3) is 0.333. The topological polar surface area (TPSA) is 12.5 Å². The lowest BCUT2D eigenvalue weighted by molar-refractivity contribution is 0.361. The van der Waals surface area contributed by atoms with E-state index in [9.17, 15) is 13.2 Å². The van der Waals surface area contributed by atoms with Crippen molar-refractivity contribution < 1.29 is 17.9 Å². The van der Waals surface area contributed by atoms with Gasteiger partial charge in [0, 0.05) is 11.1 Å². The molecule has 1 atom stereocenters. The maximum Gasteiger partial charge on any atom is 0.165 e. The first-order valence-electron chi connectivity index (χ1n) is 9.76. The molecule has 0 bridgehead atoms. The number of epoxide rings is 1. The molecule has 1 unspecified atom stereocenters. The first kappa shape index (κ1) is 19.0. The number of benzene rings is 2. The van der Waals surface area contributed by atoms with Gasteiger partial charge in [0.15, 0.2) is 11.6 Å². The van der Waals surface area contributed by atoms with Crippen LogP contribution in [0.4, 0.5) is 13.2 Å². The second-order valence-electron chi connectivity index (χ2n) is 7.65. The van der Waals surface area contributed by atoms with Crippen LogP contribution in [0.1, 0.15) is 60.0 Å². The minimum Gasteiger partial charge on any atom is -0.368 e. The number of hydrogen-bond acceptors (Lipinski definition) is 1. The predicted octanol–water partition coefficient (Wildman–Crippen LogP) is 6.81. The van der Waals surface area contributed by atoms with Crippen molar-refractivity contribution in [3.05, 3.63) is 82.7 Å². The zero-order valence-electron chi connectivity index (χ0n) is 15.6. The smallest absolute Gasteiger partial charge is 0.165 e. The summed E-state index contributed by atoms with van der Waals surface area (Å²) < 4.78 is 47.9. The van der Waals surface area contributed by atoms with Crippen molar-refractivity contribution in [3.8, 4) is 0 Å². The van der Waals surface area contributed by atoms with Gasteiger partial charge in [0.1, 0.15) is 11.9 Å². The Hall–Kier alpha value is -2.33. The molecule has 2 aromatic carbocycles. The van der Waals surface area contributed by atoms with Crippen LogP contribution in [0.3, 0.4) is 0 Å². The maximum absolute atomic E-state index is 14.5. The van der Waals surface area contributed by atoms with Crippen molar-refractivity contribution in [1.29, 1.82) is 0 Å². The molecule has 2 fully saturated rings. The molecule has 2 aromatic rings. The highest BCUT2D eigenvalue weighted by molar-refractivity contribution is 5.55. The quantitative estimate of drug-likeness (QED) is 0.516. The number of hydrogen-bond donors (Lipinski definition) is 0. The van der Waals surface area contributed by atoms with Gasteiger partial charge in [-0.1, -0.05) is 49.1 Å². The molecule has 0 spiro atoms. The molecule has 4 rings (SSSR count). The fourth-order valence-corrected chi connectivity index (χ4v) is 4.04. The summed E-state index contributed by atoms with van der Waals surface area (Å²) in [6.07, 6.45) is 8.52. The van der Waals surface area contributed by atoms with Crippen LogP contribution in [-0.2, 0) is 4.74 Å². The molecule has 0 aromatic heterocycles. The van der Waals surface area contributed by atoms with Gasteiger partial charge in [-0.05, 0) is 54.7 Å². The third kappa shape index (κ3) is 3.93. The Kier molecular flexibility index (Phi) is 5.40. The third-order valence-electron chi connectivity index (χ3n) is 5.84. The van der Waals surface area contributed by atoms with Gasteiger partial charge >= 0.3 is 0 Å². The van der Waals surface area contributed by atoms with Crippen LogP contribution in [0.5, 0.6) is 0 Å². The lowest BCUT2D eigenvalue weighted by atomic mass is 9.78. The summed E-state index contributed by atoms with van der Waals surface area (Å²) in [7, 11) is 0. The van der Waals surface area contributed by atoms with Crippen molar-refractivity contribution in [3.63, 3.8) is 0 Å². The molecule has 1 aliphatic heterocycles. The van der Waals surface area contributed by atoms with Gasteiger partial charge in [-0.25, -0.2) is 13.2 Å². The molecule has 1 aliphatic carbocycles. The summed E-state index contributed by atoms with van der Waals surface area (Å²) in [5.41, 5.74) is 2.10. The van der Waals surface area contributed by atoms with Crippen LogP contribution in [0.25, 0.3) is 12.2 Å². The van der Waals surface area contributed by atoms with Crippen LogP contribution >= 0.6 is 0 Å². The van der Waals surface area contributed by atoms with Gasteiger partial charge in [0.25, 0.3) is 0 Å². The molecule has 146 valence electrons. The average Bonchev–Trinajstić information content (AvgIpc) is 3.55. The van der Waals surface area contributed by atoms with E-state index in [1.54, 1.807) is 24.3 Å². The van der Waals surface area contributed by atoms with E-state index in [0.717, 1.165) is 31.2 Å². The predicted molar refractivity (Wildman–Crippen MR) is 105 cm³/mol. The Morgan fingerprint density at radius 3 is 2.25 bits per heavy atom. The largest absolute Gasteiger partial charge is 0.368 e. The van der Waals surface area contributed by atoms with Crippen molar-refractivity contribution in [2.75, 3.05) is 6.61 Å². The molecule has 4 heteroatoms. The fourth-order valence-electron chi connectivity index (χ4n) is 4.04. The number of ether oxygens (including phenoxy) is 1. The molecule has 1 nitrogen and oxygen atoms in total. The lowest BCUT2D eigenvalue weighted by Gasteiger charge is -2.27. The Morgan fingerprint density at radius 1 is 0.929 bits per heavy atom. The molecule has 0 amide bonds. The number of rotatable bonds is 5. The monoisotopic (exact) mass is 384 g/mol. The van der Waals surface area contributed by atoms with Gasteiger partial charge < -0.3 is 4.74 Å². The normalized spacial score (nSPS) is 24.5. The highest BCUT2D eigenvalue weighted by Crippen LogP contribution is 2.40. The van der Waals surface area contributed by atoms with Gasteiger partial charge in [-0.15, -0.1) is 0 Å². The molecule has 1 saturated heterocycles. The lowest BCUT2D eigenvalue weighted by Crippen LogP contribution is -2.14. The summed E-state index contributed by atoms with van der Waals surface area (Å²) in [5.74, 6) is -1.41. The van der Waals surface area contributed by atoms with E-state index in [4.69, 9.17) is 4.74 Å². The molecule has 0 radical (unpaired) electrons. The van der Waals surface area contributed by atoms with Gasteiger partial charge in [-0.3, -0.25) is 0 Å². The standard InChI is InChI=1S/C24H23F3O/c1-2-15-3-9-18(21(25)13-15)10-6-16-4-7-17(8-5-16)19-11-12-20(22-14-28-22)24(27)23(19)26/h2-3,6,9-13,16-17,22H,1,4-5,7-8,14H2/b10-6+. The second-order valence-corrected chi connectivity index (χ2v) is 7.65. The van der Waals surface area contributed by atoms with Crippen LogP contribution < -0.4 is 0 Å². The van der Waals surface area contributed by atoms with Crippen molar-refractivity contribution in [1.82, 2.24) is 0 Å². The van der Waals surface area contributed by atoms with Gasteiger partial charge in [-0.2, -0.15) is 0 Å². The average molecular weight is 384 g/mol. The van der Waals surface area contributed by atoms with Gasteiger partial charge in [0.2, 0.25) is 0 Å². The van der Waals surface area contributed by atoms with Crippen LogP contribution in [-0.4, -0.2) is 6.61 Å². The molecule has 1 saturated carbocycles. The van der Waals surface area contributed by atoms with Gasteiger partial charge in [0.05, 0.1) is 6.61 Å². The second kappa shape index (κ2) is 7.96. The van der Waals surface area contributed by atoms with E-state index in [0.29, 0.717) is 29.2 Å². The summed E-state index contributed by atoms with van der Waals surface area (Å²) >= 11 is 0. The Bertz CT molecular complexity index is 906. The number of allylic oxidation sites excluding steroid dienone is 1. The zero-order valence-corrected chi connectivity index (χ0v) is 15.6. The number of halogens is 3. The third-order valence-corrected chi connectivity index (χ3v) is 5.84. The van der Waals surface area contributed by atoms with Crippen molar-refractivity contribution >= 4 is 12.2 Å². The summed E-state index contributed by atoms with van der Waals surface area (Å²) in [4.78, 5) is 0. The molecule has 0 N–H and O–H groups in total. The molecular formula is C24H23F3O. The van der Waals surface area contributed by atoms with E-state index < -0.39 is 11.6 Å². The zero-order chi connectivity index (χ0) is 19.7. The Morgan fingerprint density at radius 2 is 1.61 bits per heavy atom. The minimum absolute atomic E-state index is 0.0249. The van der Waals surface area contributed by atoms with E-state index >= 15 is 0 Å². The highest BCUT2D eigenvalue weighted by Gasteiger charge is 2.32. The highest BCUT2D eigenvalue weighted by atomic mass is 19.2. The van der Waals surface area contributed by atoms with Crippen molar-refractivity contribution in [2.45, 2.75) is 37.7 Å². The first-order valence-corrected chi connectivity index (χ1v) is 9.76. The summed E-state index contributed by atoms with van der Waals surface area (Å²) in [6.45, 7) is 4.10. The maximum atomic E-state index is 14.5. The SMILES string of the molecule is C=Cc1ccc(/C=C/C2CCC(c3ccc(C4CO4)c(F)c3F)CC2)c(F)c1. The first-order chi connectivity index (χ1) is 13.6. The molecular weight excluding hydrogens is 361 g/mol. The summed E-state index contributed by atoms with van der Waals surface area (Å²) in [5, 5.41) is 0. The van der Waals surface area contributed by atoms with E-state index in [1.165, 1.54) is 6.07 Å². The Balaban J connectivity index is 1.40. The molecule has 1 heterocycles. The molecule has 2 aliphatic rings.